The van der Waals surface area contributed by atoms with Crippen molar-refractivity contribution < 1.29 is 38.3 Å². The molecule has 16 heteroatoms. The number of ether oxygens (including phenoxy) is 1. The number of halogens is 1. The minimum atomic E-state index is -1.20. The molecule has 5 rings (SSSR count). The standard InChI is InChI=1S/C41H60BrN7O8/c1-40(2,3)47-39(56)46-32(24-11-9-8-10-12-24)38(55)49-22-29-27(20-41(4,5)57-29)33(49)35(52)44-28(19-23-13-14-23)34(51)36(53)43-21-30(50)45-31(37(54)48(6)7)25-15-17-26(42)18-16-25/h15-18,23-24,27-29,31-33H,8-14,19-22H2,1-7H3,(H,43,53)(H,44,52)(H,45,50)(H2,46,47,56)/t27-,28?,29-,31-,32-,33-/m0/s1. The number of hydrogen-bond donors (Lipinski definition) is 5. The van der Waals surface area contributed by atoms with Gasteiger partial charge in [-0.15, -0.1) is 0 Å². The summed E-state index contributed by atoms with van der Waals surface area (Å²) in [5.74, 6) is -4.33. The number of nitrogens with zero attached hydrogens (tertiary/aromatic N) is 2. The number of amides is 7. The molecule has 1 aromatic rings. The molecule has 15 nitrogen and oxygen atoms in total. The topological polar surface area (TPSA) is 195 Å². The Morgan fingerprint density at radius 3 is 2.18 bits per heavy atom. The molecule has 1 unspecified atom stereocenters. The average molecular weight is 859 g/mol. The maximum absolute atomic E-state index is 14.6. The molecule has 0 spiro atoms. The van der Waals surface area contributed by atoms with Gasteiger partial charge in [-0.2, -0.15) is 0 Å². The minimum Gasteiger partial charge on any atom is -0.370 e. The summed E-state index contributed by atoms with van der Waals surface area (Å²) < 4.78 is 7.14. The third-order valence-electron chi connectivity index (χ3n) is 11.2. The molecule has 2 heterocycles. The van der Waals surface area contributed by atoms with Gasteiger partial charge >= 0.3 is 6.03 Å². The quantitative estimate of drug-likeness (QED) is 0.176. The average Bonchev–Trinajstić information content (AvgIpc) is 3.82. The van der Waals surface area contributed by atoms with Crippen molar-refractivity contribution in [2.45, 2.75) is 134 Å². The highest BCUT2D eigenvalue weighted by molar-refractivity contribution is 9.10. The van der Waals surface area contributed by atoms with Crippen molar-refractivity contribution in [2.24, 2.45) is 17.8 Å². The summed E-state index contributed by atoms with van der Waals surface area (Å²) in [4.78, 5) is 98.3. The van der Waals surface area contributed by atoms with E-state index < -0.39 is 77.5 Å². The van der Waals surface area contributed by atoms with E-state index in [0.29, 0.717) is 12.0 Å². The van der Waals surface area contributed by atoms with Crippen molar-refractivity contribution in [1.82, 2.24) is 36.4 Å². The van der Waals surface area contributed by atoms with Gasteiger partial charge in [-0.25, -0.2) is 4.79 Å². The van der Waals surface area contributed by atoms with E-state index in [4.69, 9.17) is 4.74 Å². The summed E-state index contributed by atoms with van der Waals surface area (Å²) in [6.07, 6.45) is 6.38. The predicted molar refractivity (Wildman–Crippen MR) is 215 cm³/mol. The first kappa shape index (κ1) is 44.1. The highest BCUT2D eigenvalue weighted by Gasteiger charge is 2.56. The van der Waals surface area contributed by atoms with Crippen LogP contribution >= 0.6 is 15.9 Å². The lowest BCUT2D eigenvalue weighted by molar-refractivity contribution is -0.145. The fourth-order valence-electron chi connectivity index (χ4n) is 8.37. The Balaban J connectivity index is 1.31. The third kappa shape index (κ3) is 11.8. The zero-order chi connectivity index (χ0) is 41.8. The maximum atomic E-state index is 14.6. The van der Waals surface area contributed by atoms with Crippen molar-refractivity contribution in [3.63, 3.8) is 0 Å². The second-order valence-corrected chi connectivity index (χ2v) is 18.9. The fourth-order valence-corrected chi connectivity index (χ4v) is 8.64. The van der Waals surface area contributed by atoms with Crippen LogP contribution in [0.4, 0.5) is 4.79 Å². The van der Waals surface area contributed by atoms with Gasteiger partial charge in [0.15, 0.2) is 0 Å². The minimum absolute atomic E-state index is 0.116. The second-order valence-electron chi connectivity index (χ2n) is 18.0. The number of nitrogens with one attached hydrogen (secondary N) is 5. The Morgan fingerprint density at radius 2 is 1.58 bits per heavy atom. The summed E-state index contributed by atoms with van der Waals surface area (Å²) in [5.41, 5.74) is -0.552. The third-order valence-corrected chi connectivity index (χ3v) is 11.8. The molecular weight excluding hydrogens is 798 g/mol. The highest BCUT2D eigenvalue weighted by atomic mass is 79.9. The van der Waals surface area contributed by atoms with Gasteiger partial charge < -0.3 is 41.1 Å². The molecule has 0 bridgehead atoms. The maximum Gasteiger partial charge on any atom is 0.315 e. The lowest BCUT2D eigenvalue weighted by Gasteiger charge is -2.36. The number of rotatable bonds is 14. The number of Topliss-reactive ketones (excluding diaryl/α,β-unsaturated/α-hetero) is 1. The number of likely N-dealkylation sites (tertiary alicyclic amines) is 1. The van der Waals surface area contributed by atoms with E-state index in [2.05, 4.69) is 42.5 Å². The Bertz CT molecular complexity index is 1690. The molecule has 4 fully saturated rings. The van der Waals surface area contributed by atoms with Crippen LogP contribution in [-0.2, 0) is 33.5 Å². The van der Waals surface area contributed by atoms with Crippen molar-refractivity contribution in [2.75, 3.05) is 27.2 Å². The summed E-state index contributed by atoms with van der Waals surface area (Å²) in [6, 6.07) is 2.31. The smallest absolute Gasteiger partial charge is 0.315 e. The van der Waals surface area contributed by atoms with Crippen LogP contribution in [0.3, 0.4) is 0 Å². The van der Waals surface area contributed by atoms with Crippen molar-refractivity contribution in [3.8, 4) is 0 Å². The van der Waals surface area contributed by atoms with Crippen LogP contribution in [0.5, 0.6) is 0 Å². The number of ketones is 1. The first-order valence-corrected chi connectivity index (χ1v) is 21.0. The van der Waals surface area contributed by atoms with Gasteiger partial charge in [-0.05, 0) is 89.8 Å². The highest BCUT2D eigenvalue weighted by Crippen LogP contribution is 2.44. The van der Waals surface area contributed by atoms with Gasteiger partial charge in [0.25, 0.3) is 5.91 Å². The number of carbonyl (C=O) groups is 7. The first-order chi connectivity index (χ1) is 26.7. The number of benzene rings is 1. The fraction of sp³-hybridized carbons (Fsp3) is 0.683. The Labute approximate surface area is 344 Å². The Kier molecular flexibility index (Phi) is 14.1. The number of fused-ring (bicyclic) bond motifs is 1. The van der Waals surface area contributed by atoms with Gasteiger partial charge in [0.2, 0.25) is 29.4 Å². The SMILES string of the molecule is CN(C)C(=O)[C@@H](NC(=O)CNC(=O)C(=O)C(CC1CC1)NC(=O)[C@@H]1[C@H]2CC(C)(C)O[C@H]2CN1C(=O)[C@@H](NC(=O)NC(C)(C)C)C1CCCCC1)c1ccc(Br)cc1. The van der Waals surface area contributed by atoms with E-state index in [1.165, 1.54) is 9.80 Å². The molecule has 1 aromatic carbocycles. The normalized spacial score (nSPS) is 23.3. The molecule has 57 heavy (non-hydrogen) atoms. The van der Waals surface area contributed by atoms with Crippen LogP contribution < -0.4 is 26.6 Å². The predicted octanol–water partition coefficient (Wildman–Crippen LogP) is 3.11. The largest absolute Gasteiger partial charge is 0.370 e. The van der Waals surface area contributed by atoms with Crippen LogP contribution in [0.15, 0.2) is 28.7 Å². The molecule has 0 aromatic heterocycles. The molecule has 2 aliphatic carbocycles. The molecule has 2 saturated carbocycles. The number of likely N-dealkylation sites (N-methyl/N-ethyl adjacent to an activating group) is 1. The molecule has 6 atom stereocenters. The van der Waals surface area contributed by atoms with Crippen LogP contribution in [-0.4, -0.2) is 114 Å². The molecular formula is C41H60BrN7O8. The zero-order valence-corrected chi connectivity index (χ0v) is 35.8. The molecule has 2 aliphatic heterocycles. The van der Waals surface area contributed by atoms with Gasteiger partial charge in [0.05, 0.1) is 24.3 Å². The Morgan fingerprint density at radius 1 is 0.930 bits per heavy atom. The summed E-state index contributed by atoms with van der Waals surface area (Å²) in [5, 5.41) is 13.7. The van der Waals surface area contributed by atoms with E-state index in [0.717, 1.165) is 49.4 Å². The van der Waals surface area contributed by atoms with E-state index in [9.17, 15) is 33.6 Å². The van der Waals surface area contributed by atoms with Crippen molar-refractivity contribution in [1.29, 1.82) is 0 Å². The molecule has 0 radical (unpaired) electrons. The Hall–Kier alpha value is -4.05. The van der Waals surface area contributed by atoms with Crippen LogP contribution in [0.1, 0.15) is 104 Å². The van der Waals surface area contributed by atoms with Crippen LogP contribution in [0, 0.1) is 17.8 Å². The van der Waals surface area contributed by atoms with Gasteiger partial charge in [0.1, 0.15) is 18.1 Å². The second kappa shape index (κ2) is 18.3. The van der Waals surface area contributed by atoms with Crippen molar-refractivity contribution >= 4 is 57.3 Å². The summed E-state index contributed by atoms with van der Waals surface area (Å²) >= 11 is 3.36. The summed E-state index contributed by atoms with van der Waals surface area (Å²) in [7, 11) is 3.13. The van der Waals surface area contributed by atoms with Gasteiger partial charge in [-0.3, -0.25) is 28.8 Å². The van der Waals surface area contributed by atoms with Crippen LogP contribution in [0.25, 0.3) is 0 Å². The first-order valence-electron chi connectivity index (χ1n) is 20.2. The number of hydrogen-bond acceptors (Lipinski definition) is 8. The van der Waals surface area contributed by atoms with Gasteiger partial charge in [-0.1, -0.05) is 60.2 Å². The molecule has 5 N–H and O–H groups in total. The number of carbonyl (C=O) groups excluding carboxylic acids is 7. The van der Waals surface area contributed by atoms with E-state index >= 15 is 0 Å². The lowest BCUT2D eigenvalue weighted by Crippen LogP contribution is -2.61. The lowest BCUT2D eigenvalue weighted by atomic mass is 9.83. The molecule has 4 aliphatic rings. The van der Waals surface area contributed by atoms with E-state index in [1.807, 2.05) is 34.6 Å². The van der Waals surface area contributed by atoms with E-state index in [-0.39, 0.29) is 42.5 Å². The number of urea groups is 1. The van der Waals surface area contributed by atoms with Crippen LogP contribution in [0.2, 0.25) is 0 Å². The van der Waals surface area contributed by atoms with E-state index in [1.54, 1.807) is 38.4 Å². The monoisotopic (exact) mass is 857 g/mol. The molecule has 7 amide bonds. The zero-order valence-electron chi connectivity index (χ0n) is 34.2. The molecule has 2 saturated heterocycles. The summed E-state index contributed by atoms with van der Waals surface area (Å²) in [6.45, 7) is 9.01. The van der Waals surface area contributed by atoms with Crippen molar-refractivity contribution in [3.05, 3.63) is 34.3 Å². The van der Waals surface area contributed by atoms with Gasteiger partial charge in [0, 0.05) is 36.6 Å². The molecule has 314 valence electrons.